The molecule has 1 aromatic heterocycles. The van der Waals surface area contributed by atoms with Gasteiger partial charge in [0.15, 0.2) is 15.4 Å². The Morgan fingerprint density at radius 2 is 1.71 bits per heavy atom. The summed E-state index contributed by atoms with van der Waals surface area (Å²) in [6.07, 6.45) is -3.42. The smallest absolute Gasteiger partial charge is 0.405 e. The fourth-order valence-electron chi connectivity index (χ4n) is 4.76. The highest BCUT2D eigenvalue weighted by Gasteiger charge is 2.53. The van der Waals surface area contributed by atoms with Crippen LogP contribution in [0.25, 0.3) is 11.1 Å². The van der Waals surface area contributed by atoms with Crippen LogP contribution in [0.1, 0.15) is 31.2 Å². The summed E-state index contributed by atoms with van der Waals surface area (Å²) < 4.78 is 83.7. The van der Waals surface area contributed by atoms with E-state index in [2.05, 4.69) is 10.3 Å². The molecule has 1 N–H and O–H groups in total. The Kier molecular flexibility index (Phi) is 7.92. The minimum absolute atomic E-state index is 0.0119. The van der Waals surface area contributed by atoms with Gasteiger partial charge in [-0.1, -0.05) is 30.1 Å². The highest BCUT2D eigenvalue weighted by molar-refractivity contribution is 7.91. The fourth-order valence-corrected chi connectivity index (χ4v) is 6.49. The Labute approximate surface area is 248 Å². The summed E-state index contributed by atoms with van der Waals surface area (Å²) in [6, 6.07) is 11.7. The topological polar surface area (TPSA) is 92.5 Å². The molecule has 5 rings (SSSR count). The lowest BCUT2D eigenvalue weighted by Gasteiger charge is -2.26. The number of carbonyl (C=O) groups is 1. The van der Waals surface area contributed by atoms with Crippen LogP contribution in [0.4, 0.5) is 28.9 Å². The fraction of sp³-hybridized carbons (Fsp3) is 0.286. The number of nitrogens with zero attached hydrogens (tertiary/aromatic N) is 2. The van der Waals surface area contributed by atoms with Crippen molar-refractivity contribution in [1.82, 2.24) is 4.98 Å². The van der Waals surface area contributed by atoms with Gasteiger partial charge in [0, 0.05) is 33.0 Å². The molecule has 1 aliphatic carbocycles. The maximum absolute atomic E-state index is 13.6. The first-order valence-electron chi connectivity index (χ1n) is 12.7. The lowest BCUT2D eigenvalue weighted by Crippen LogP contribution is -2.39. The zero-order valence-corrected chi connectivity index (χ0v) is 24.3. The third-order valence-corrected chi connectivity index (χ3v) is 9.31. The molecule has 1 heterocycles. The van der Waals surface area contributed by atoms with Gasteiger partial charge in [-0.25, -0.2) is 17.8 Å². The molecule has 0 saturated heterocycles. The minimum Gasteiger partial charge on any atom is -0.440 e. The number of fused-ring (bicyclic) bond motifs is 1. The number of sulfone groups is 1. The molecule has 3 aromatic carbocycles. The first kappa shape index (κ1) is 30.1. The van der Waals surface area contributed by atoms with Crippen LogP contribution < -0.4 is 10.2 Å². The summed E-state index contributed by atoms with van der Waals surface area (Å²) in [5.74, 6) is -1.10. The molecule has 14 heteroatoms. The molecule has 4 aromatic rings. The average Bonchev–Trinajstić information content (AvgIpc) is 3.58. The molecular formula is C28H23Cl2F4N3O4S. The quantitative estimate of drug-likeness (QED) is 0.195. The van der Waals surface area contributed by atoms with Gasteiger partial charge in [0.1, 0.15) is 17.9 Å². The van der Waals surface area contributed by atoms with Gasteiger partial charge in [-0.05, 0) is 61.4 Å². The van der Waals surface area contributed by atoms with E-state index in [9.17, 15) is 30.8 Å². The number of aromatic nitrogens is 1. The third kappa shape index (κ3) is 6.20. The summed E-state index contributed by atoms with van der Waals surface area (Å²) in [5.41, 5.74) is 0.684. The lowest BCUT2D eigenvalue weighted by atomic mass is 9.95. The number of benzene rings is 3. The van der Waals surface area contributed by atoms with Crippen LogP contribution in [0.3, 0.4) is 0 Å². The molecule has 7 nitrogen and oxygen atoms in total. The van der Waals surface area contributed by atoms with Crippen LogP contribution in [0, 0.1) is 5.82 Å². The predicted molar refractivity (Wildman–Crippen MR) is 152 cm³/mol. The van der Waals surface area contributed by atoms with Gasteiger partial charge in [-0.15, -0.1) is 0 Å². The van der Waals surface area contributed by atoms with E-state index in [-0.39, 0.29) is 37.7 Å². The molecule has 0 unspecified atom stereocenters. The highest BCUT2D eigenvalue weighted by atomic mass is 35.5. The van der Waals surface area contributed by atoms with Gasteiger partial charge in [-0.3, -0.25) is 4.79 Å². The zero-order chi connectivity index (χ0) is 30.4. The van der Waals surface area contributed by atoms with Crippen LogP contribution in [-0.2, 0) is 20.0 Å². The molecule has 0 aliphatic heterocycles. The molecule has 1 aliphatic rings. The molecule has 0 spiro atoms. The first-order valence-corrected chi connectivity index (χ1v) is 15.1. The molecule has 42 heavy (non-hydrogen) atoms. The molecule has 222 valence electrons. The third-order valence-electron chi connectivity index (χ3n) is 6.96. The van der Waals surface area contributed by atoms with E-state index < -0.39 is 46.2 Å². The summed E-state index contributed by atoms with van der Waals surface area (Å²) in [4.78, 5) is 18.1. The van der Waals surface area contributed by atoms with Gasteiger partial charge in [0.2, 0.25) is 11.8 Å². The minimum atomic E-state index is -4.64. The molecule has 1 saturated carbocycles. The summed E-state index contributed by atoms with van der Waals surface area (Å²) >= 11 is 13.2. The van der Waals surface area contributed by atoms with Gasteiger partial charge in [-0.2, -0.15) is 13.2 Å². The van der Waals surface area contributed by atoms with E-state index in [0.29, 0.717) is 29.8 Å². The second-order valence-electron chi connectivity index (χ2n) is 9.94. The van der Waals surface area contributed by atoms with E-state index in [1.54, 1.807) is 0 Å². The molecular weight excluding hydrogens is 621 g/mol. The molecule has 1 fully saturated rings. The monoisotopic (exact) mass is 643 g/mol. The maximum atomic E-state index is 13.6. The number of hydrogen-bond acceptors (Lipinski definition) is 6. The second-order valence-corrected chi connectivity index (χ2v) is 13.0. The summed E-state index contributed by atoms with van der Waals surface area (Å²) in [7, 11) is -3.55. The van der Waals surface area contributed by atoms with Crippen molar-refractivity contribution in [2.45, 2.75) is 36.3 Å². The van der Waals surface area contributed by atoms with Crippen LogP contribution in [0.5, 0.6) is 0 Å². The normalized spacial score (nSPS) is 14.6. The van der Waals surface area contributed by atoms with Crippen molar-refractivity contribution in [2.24, 2.45) is 0 Å². The number of hydrogen-bond donors (Lipinski definition) is 1. The largest absolute Gasteiger partial charge is 0.440 e. The van der Waals surface area contributed by atoms with Crippen LogP contribution >= 0.6 is 23.2 Å². The number of rotatable bonds is 9. The number of nitrogens with one attached hydrogen (secondary N) is 1. The van der Waals surface area contributed by atoms with E-state index >= 15 is 0 Å². The Balaban J connectivity index is 1.36. The Morgan fingerprint density at radius 1 is 1.07 bits per heavy atom. The standard InChI is InChI=1S/C28H23Cl2F4N3O4S/c1-2-42(39,40)19-6-4-18(5-7-19)37(15-28(32,33)34)14-24(38)35-17-12-20(29)25(21(30)13-17)27(9-10-27)26-36-22-8-3-16(31)11-23(22)41-26/h3-8,11-13H,2,9-10,14-15H2,1H3,(H,35,38). The van der Waals surface area contributed by atoms with Crippen LogP contribution in [0.15, 0.2) is 63.9 Å². The van der Waals surface area contributed by atoms with E-state index in [1.807, 2.05) is 0 Å². The molecule has 0 bridgehead atoms. The number of amides is 1. The van der Waals surface area contributed by atoms with Crippen molar-refractivity contribution in [3.63, 3.8) is 0 Å². The number of oxazole rings is 1. The average molecular weight is 644 g/mol. The highest BCUT2D eigenvalue weighted by Crippen LogP contribution is 2.57. The summed E-state index contributed by atoms with van der Waals surface area (Å²) in [5, 5.41) is 2.90. The van der Waals surface area contributed by atoms with Gasteiger partial charge < -0.3 is 14.6 Å². The molecule has 0 radical (unpaired) electrons. The number of anilines is 2. The predicted octanol–water partition coefficient (Wildman–Crippen LogP) is 7.15. The van der Waals surface area contributed by atoms with E-state index in [0.717, 1.165) is 4.90 Å². The van der Waals surface area contributed by atoms with Crippen molar-refractivity contribution in [1.29, 1.82) is 0 Å². The number of halogens is 6. The maximum Gasteiger partial charge on any atom is 0.405 e. The lowest BCUT2D eigenvalue weighted by molar-refractivity contribution is -0.122. The van der Waals surface area contributed by atoms with Crippen molar-refractivity contribution >= 4 is 61.4 Å². The van der Waals surface area contributed by atoms with E-state index in [4.69, 9.17) is 27.6 Å². The van der Waals surface area contributed by atoms with Crippen molar-refractivity contribution in [2.75, 3.05) is 29.1 Å². The van der Waals surface area contributed by atoms with Gasteiger partial charge >= 0.3 is 6.18 Å². The van der Waals surface area contributed by atoms with Crippen LogP contribution in [0.2, 0.25) is 10.0 Å². The SMILES string of the molecule is CCS(=O)(=O)c1ccc(N(CC(=O)Nc2cc(Cl)c(C3(c4nc5ccc(F)cc5o4)CC3)c(Cl)c2)CC(F)(F)F)cc1. The first-order chi connectivity index (χ1) is 19.7. The molecule has 0 atom stereocenters. The summed E-state index contributed by atoms with van der Waals surface area (Å²) in [6.45, 7) is -0.686. The Bertz CT molecular complexity index is 1750. The van der Waals surface area contributed by atoms with Crippen molar-refractivity contribution in [3.8, 4) is 0 Å². The second kappa shape index (κ2) is 11.1. The Hall–Kier alpha value is -3.35. The van der Waals surface area contributed by atoms with E-state index in [1.165, 1.54) is 61.5 Å². The van der Waals surface area contributed by atoms with Crippen LogP contribution in [-0.4, -0.2) is 44.3 Å². The van der Waals surface area contributed by atoms with Gasteiger partial charge in [0.25, 0.3) is 0 Å². The van der Waals surface area contributed by atoms with Gasteiger partial charge in [0.05, 0.1) is 22.6 Å². The van der Waals surface area contributed by atoms with Crippen molar-refractivity contribution in [3.05, 3.63) is 81.9 Å². The molecule has 1 amide bonds. The number of carbonyl (C=O) groups excluding carboxylic acids is 1. The Morgan fingerprint density at radius 3 is 2.29 bits per heavy atom. The zero-order valence-electron chi connectivity index (χ0n) is 21.9. The van der Waals surface area contributed by atoms with Crippen molar-refractivity contribution < 1.29 is 35.2 Å². The number of alkyl halides is 3.